The lowest BCUT2D eigenvalue weighted by Gasteiger charge is -2.14. The van der Waals surface area contributed by atoms with E-state index in [1.54, 1.807) is 6.34 Å². The monoisotopic (exact) mass is 135 g/mol. The van der Waals surface area contributed by atoms with E-state index in [9.17, 15) is 0 Å². The number of nitrogens with one attached hydrogen (secondary N) is 1. The number of nitrogens with zero attached hydrogens (tertiary/aromatic N) is 1. The lowest BCUT2D eigenvalue weighted by atomic mass is 9.92. The number of aliphatic imine (C=N–C) groups is 1. The average Bonchev–Trinajstić information content (AvgIpc) is 2.05. The smallest absolute Gasteiger partial charge is 0.277 e. The minimum atomic E-state index is 0.676. The van der Waals surface area contributed by atoms with Gasteiger partial charge in [-0.25, -0.2) is 0 Å². The molecule has 0 aromatic carbocycles. The Morgan fingerprint density at radius 1 is 1.60 bits per heavy atom. The third kappa shape index (κ3) is 0.897. The maximum absolute atomic E-state index is 4.25. The lowest BCUT2D eigenvalue weighted by Crippen LogP contribution is -2.73. The molecule has 0 spiro atoms. The van der Waals surface area contributed by atoms with E-state index in [4.69, 9.17) is 0 Å². The molecule has 52 valence electrons. The molecule has 2 heteroatoms. The van der Waals surface area contributed by atoms with E-state index in [1.165, 1.54) is 18.6 Å². The highest BCUT2D eigenvalue weighted by Gasteiger charge is 2.22. The van der Waals surface area contributed by atoms with Crippen LogP contribution in [0.3, 0.4) is 0 Å². The maximum atomic E-state index is 4.25. The van der Waals surface area contributed by atoms with Gasteiger partial charge in [0.15, 0.2) is 5.71 Å². The fourth-order valence-electron chi connectivity index (χ4n) is 1.46. The molecule has 0 saturated heterocycles. The molecular formula is C8H11N2+. The fourth-order valence-corrected chi connectivity index (χ4v) is 1.46. The summed E-state index contributed by atoms with van der Waals surface area (Å²) in [5.41, 5.74) is 1.25. The maximum Gasteiger partial charge on any atom is 0.279 e. The number of allylic oxidation sites excluding steroid dienone is 2. The number of rotatable bonds is 0. The van der Waals surface area contributed by atoms with Crippen LogP contribution in [0.15, 0.2) is 17.1 Å². The second kappa shape index (κ2) is 2.37. The summed E-state index contributed by atoms with van der Waals surface area (Å²) in [4.78, 5) is 7.38. The van der Waals surface area contributed by atoms with E-state index in [0.717, 1.165) is 6.54 Å². The van der Waals surface area contributed by atoms with Gasteiger partial charge >= 0.3 is 0 Å². The molecule has 10 heavy (non-hydrogen) atoms. The molecule has 0 fully saturated rings. The van der Waals surface area contributed by atoms with Crippen LogP contribution in [0.1, 0.15) is 12.8 Å². The van der Waals surface area contributed by atoms with Crippen LogP contribution in [0.5, 0.6) is 0 Å². The first-order chi connectivity index (χ1) is 4.97. The summed E-state index contributed by atoms with van der Waals surface area (Å²) >= 11 is 0. The van der Waals surface area contributed by atoms with E-state index in [-0.39, 0.29) is 0 Å². The summed E-state index contributed by atoms with van der Waals surface area (Å²) < 4.78 is 0. The third-order valence-electron chi connectivity index (χ3n) is 2.06. The standard InChI is InChI=1S/C8H10N2/c1-2-4-8-7(3-1)5-9-6-10-8/h2,4,6-7H,1,3,5H2/p+1. The van der Waals surface area contributed by atoms with Gasteiger partial charge in [-0.3, -0.25) is 4.99 Å². The van der Waals surface area contributed by atoms with Crippen LogP contribution >= 0.6 is 0 Å². The molecule has 2 aliphatic rings. The predicted molar refractivity (Wildman–Crippen MR) is 41.2 cm³/mol. The van der Waals surface area contributed by atoms with Gasteiger partial charge in [0.2, 0.25) is 0 Å². The van der Waals surface area contributed by atoms with E-state index in [0.29, 0.717) is 5.92 Å². The second-order valence-corrected chi connectivity index (χ2v) is 2.77. The van der Waals surface area contributed by atoms with Gasteiger partial charge in [0.1, 0.15) is 0 Å². The highest BCUT2D eigenvalue weighted by molar-refractivity contribution is 6.01. The molecule has 1 atom stereocenters. The van der Waals surface area contributed by atoms with Crippen molar-refractivity contribution in [2.75, 3.05) is 6.54 Å². The summed E-state index contributed by atoms with van der Waals surface area (Å²) in [6.45, 7) is 1.07. The second-order valence-electron chi connectivity index (χ2n) is 2.77. The minimum absolute atomic E-state index is 0.676. The number of hydrogen-bond donors (Lipinski definition) is 1. The van der Waals surface area contributed by atoms with E-state index >= 15 is 0 Å². The van der Waals surface area contributed by atoms with Crippen molar-refractivity contribution in [3.63, 3.8) is 0 Å². The van der Waals surface area contributed by atoms with Crippen molar-refractivity contribution < 1.29 is 4.99 Å². The molecule has 1 heterocycles. The Kier molecular flexibility index (Phi) is 1.38. The zero-order valence-electron chi connectivity index (χ0n) is 5.88. The molecule has 1 aliphatic carbocycles. The predicted octanol–water partition coefficient (Wildman–Crippen LogP) is -0.484. The fraction of sp³-hybridized carbons (Fsp3) is 0.500. The molecule has 0 radical (unpaired) electrons. The van der Waals surface area contributed by atoms with Crippen LogP contribution < -0.4 is 4.99 Å². The van der Waals surface area contributed by atoms with Crippen LogP contribution in [-0.4, -0.2) is 18.6 Å². The summed E-state index contributed by atoms with van der Waals surface area (Å²) in [7, 11) is 0. The summed E-state index contributed by atoms with van der Waals surface area (Å²) in [5, 5.41) is 0. The van der Waals surface area contributed by atoms with Crippen molar-refractivity contribution >= 4 is 12.1 Å². The first-order valence-corrected chi connectivity index (χ1v) is 3.76. The first kappa shape index (κ1) is 5.83. The van der Waals surface area contributed by atoms with Gasteiger partial charge in [-0.2, -0.15) is 0 Å². The largest absolute Gasteiger partial charge is 0.279 e. The normalized spacial score (nSPS) is 29.6. The Bertz CT molecular complexity index is 213. The topological polar surface area (TPSA) is 26.3 Å². The molecule has 0 aromatic rings. The first-order valence-electron chi connectivity index (χ1n) is 3.76. The lowest BCUT2D eigenvalue weighted by molar-refractivity contribution is -0.460. The molecule has 1 aliphatic heterocycles. The molecule has 2 rings (SSSR count). The van der Waals surface area contributed by atoms with Crippen molar-refractivity contribution in [2.24, 2.45) is 10.9 Å². The van der Waals surface area contributed by atoms with Gasteiger partial charge < -0.3 is 0 Å². The Balaban J connectivity index is 2.27. The SMILES string of the molecule is C1=CC2=NC=[NH+]CC2CC1. The van der Waals surface area contributed by atoms with Crippen LogP contribution in [-0.2, 0) is 0 Å². The molecule has 0 saturated carbocycles. The highest BCUT2D eigenvalue weighted by atomic mass is 14.9. The molecular weight excluding hydrogens is 124 g/mol. The third-order valence-corrected chi connectivity index (χ3v) is 2.06. The molecule has 1 N–H and O–H groups in total. The summed E-state index contributed by atoms with van der Waals surface area (Å²) in [6, 6.07) is 0. The Morgan fingerprint density at radius 3 is 3.50 bits per heavy atom. The molecule has 0 bridgehead atoms. The Hall–Kier alpha value is -0.920. The van der Waals surface area contributed by atoms with E-state index < -0.39 is 0 Å². The van der Waals surface area contributed by atoms with Crippen molar-refractivity contribution in [1.82, 2.24) is 0 Å². The van der Waals surface area contributed by atoms with Crippen LogP contribution in [0.2, 0.25) is 0 Å². The van der Waals surface area contributed by atoms with Crippen molar-refractivity contribution in [3.8, 4) is 0 Å². The van der Waals surface area contributed by atoms with Crippen LogP contribution in [0.4, 0.5) is 0 Å². The minimum Gasteiger partial charge on any atom is -0.277 e. The van der Waals surface area contributed by atoms with Gasteiger partial charge in [0, 0.05) is 0 Å². The van der Waals surface area contributed by atoms with Crippen LogP contribution in [0.25, 0.3) is 0 Å². The van der Waals surface area contributed by atoms with E-state index in [2.05, 4.69) is 22.1 Å². The van der Waals surface area contributed by atoms with Gasteiger partial charge in [-0.05, 0) is 18.9 Å². The van der Waals surface area contributed by atoms with Crippen LogP contribution in [0, 0.1) is 5.92 Å². The summed E-state index contributed by atoms with van der Waals surface area (Å²) in [5.74, 6) is 0.676. The highest BCUT2D eigenvalue weighted by Crippen LogP contribution is 2.14. The van der Waals surface area contributed by atoms with Gasteiger partial charge in [0.05, 0.1) is 12.5 Å². The Labute approximate surface area is 60.4 Å². The zero-order chi connectivity index (χ0) is 6.81. The molecule has 0 amide bonds. The quantitative estimate of drug-likeness (QED) is 0.464. The number of fused-ring (bicyclic) bond motifs is 1. The van der Waals surface area contributed by atoms with E-state index in [1.807, 2.05) is 0 Å². The van der Waals surface area contributed by atoms with Gasteiger partial charge in [0.25, 0.3) is 6.34 Å². The summed E-state index contributed by atoms with van der Waals surface area (Å²) in [6.07, 6.45) is 8.61. The number of hydrogen-bond acceptors (Lipinski definition) is 1. The Morgan fingerprint density at radius 2 is 2.60 bits per heavy atom. The molecule has 1 unspecified atom stereocenters. The van der Waals surface area contributed by atoms with Crippen molar-refractivity contribution in [1.29, 1.82) is 0 Å². The average molecular weight is 135 g/mol. The van der Waals surface area contributed by atoms with Crippen molar-refractivity contribution in [3.05, 3.63) is 12.2 Å². The molecule has 2 nitrogen and oxygen atoms in total. The zero-order valence-corrected chi connectivity index (χ0v) is 5.88. The van der Waals surface area contributed by atoms with Gasteiger partial charge in [-0.15, -0.1) is 0 Å². The van der Waals surface area contributed by atoms with Gasteiger partial charge in [-0.1, -0.05) is 11.1 Å². The molecule has 0 aromatic heterocycles. The van der Waals surface area contributed by atoms with Crippen molar-refractivity contribution in [2.45, 2.75) is 12.8 Å².